The van der Waals surface area contributed by atoms with Gasteiger partial charge in [0.05, 0.1) is 5.25 Å². The molecule has 2 atom stereocenters. The van der Waals surface area contributed by atoms with Crippen LogP contribution in [0.25, 0.3) is 0 Å². The predicted octanol–water partition coefficient (Wildman–Crippen LogP) is 5.77. The Labute approximate surface area is 198 Å². The van der Waals surface area contributed by atoms with Crippen molar-refractivity contribution in [1.29, 1.82) is 0 Å². The van der Waals surface area contributed by atoms with Crippen LogP contribution in [0.15, 0.2) is 41.0 Å². The third-order valence-electron chi connectivity index (χ3n) is 4.83. The highest BCUT2D eigenvalue weighted by molar-refractivity contribution is 8.00. The van der Waals surface area contributed by atoms with Crippen LogP contribution < -0.4 is 10.1 Å². The molecule has 172 valence electrons. The van der Waals surface area contributed by atoms with Gasteiger partial charge in [0.2, 0.25) is 5.91 Å². The number of nitrogens with one attached hydrogen (secondary N) is 1. The summed E-state index contributed by atoms with van der Waals surface area (Å²) in [6, 6.07) is 8.18. The van der Waals surface area contributed by atoms with Crippen LogP contribution in [0, 0.1) is 5.92 Å². The monoisotopic (exact) mass is 473 g/mol. The highest BCUT2D eigenvalue weighted by atomic mass is 32.2. The molecule has 0 bridgehead atoms. The molecule has 0 aliphatic rings. The van der Waals surface area contributed by atoms with Gasteiger partial charge in [0.25, 0.3) is 0 Å². The third kappa shape index (κ3) is 6.32. The van der Waals surface area contributed by atoms with Gasteiger partial charge in [-0.1, -0.05) is 51.6 Å². The summed E-state index contributed by atoms with van der Waals surface area (Å²) in [5.41, 5.74) is 1.27. The minimum atomic E-state index is -0.346. The first-order valence-corrected chi connectivity index (χ1v) is 12.6. The molecule has 2 heterocycles. The lowest BCUT2D eigenvalue weighted by Crippen LogP contribution is -2.23. The van der Waals surface area contributed by atoms with Crippen molar-refractivity contribution in [3.8, 4) is 5.75 Å². The molecule has 0 fully saturated rings. The number of rotatable bonds is 10. The van der Waals surface area contributed by atoms with Crippen LogP contribution >= 0.6 is 23.1 Å². The second kappa shape index (κ2) is 11.0. The van der Waals surface area contributed by atoms with Gasteiger partial charge >= 0.3 is 0 Å². The Kier molecular flexibility index (Phi) is 8.31. The standard InChI is InChI=1S/C23H31N5O2S2/c1-14(2)13-28-20(16(5)30-19-9-7-18(8-10-19)15(3)4)26-27-23(28)32-17(6)21(29)25-22-24-11-12-31-22/h7-12,14-17H,13H2,1-6H3,(H,24,25,29). The number of anilines is 1. The molecule has 0 spiro atoms. The first kappa shape index (κ1) is 24.3. The summed E-state index contributed by atoms with van der Waals surface area (Å²) in [7, 11) is 0. The highest BCUT2D eigenvalue weighted by Gasteiger charge is 2.24. The van der Waals surface area contributed by atoms with E-state index in [2.05, 4.69) is 64.9 Å². The second-order valence-corrected chi connectivity index (χ2v) is 10.6. The average molecular weight is 474 g/mol. The Morgan fingerprint density at radius 1 is 1.12 bits per heavy atom. The number of amides is 1. The Bertz CT molecular complexity index is 1000. The maximum atomic E-state index is 12.6. The topological polar surface area (TPSA) is 81.9 Å². The Morgan fingerprint density at radius 3 is 2.44 bits per heavy atom. The van der Waals surface area contributed by atoms with E-state index in [1.54, 1.807) is 6.20 Å². The van der Waals surface area contributed by atoms with E-state index < -0.39 is 0 Å². The number of thioether (sulfide) groups is 1. The van der Waals surface area contributed by atoms with Gasteiger partial charge in [0.15, 0.2) is 22.2 Å². The summed E-state index contributed by atoms with van der Waals surface area (Å²) in [5.74, 6) is 2.30. The molecule has 1 N–H and O–H groups in total. The maximum Gasteiger partial charge on any atom is 0.239 e. The molecular formula is C23H31N5O2S2. The molecular weight excluding hydrogens is 442 g/mol. The number of ether oxygens (including phenoxy) is 1. The smallest absolute Gasteiger partial charge is 0.239 e. The number of hydrogen-bond donors (Lipinski definition) is 1. The van der Waals surface area contributed by atoms with Crippen molar-refractivity contribution in [2.24, 2.45) is 5.92 Å². The van der Waals surface area contributed by atoms with Gasteiger partial charge in [-0.3, -0.25) is 4.79 Å². The fourth-order valence-corrected chi connectivity index (χ4v) is 4.51. The van der Waals surface area contributed by atoms with Crippen molar-refractivity contribution >= 4 is 34.1 Å². The number of hydrogen-bond acceptors (Lipinski definition) is 7. The van der Waals surface area contributed by atoms with Crippen molar-refractivity contribution in [3.05, 3.63) is 47.2 Å². The average Bonchev–Trinajstić information content (AvgIpc) is 3.38. The van der Waals surface area contributed by atoms with E-state index in [4.69, 9.17) is 4.74 Å². The summed E-state index contributed by atoms with van der Waals surface area (Å²) >= 11 is 2.79. The molecule has 0 saturated heterocycles. The number of carbonyl (C=O) groups is 1. The van der Waals surface area contributed by atoms with E-state index >= 15 is 0 Å². The first-order valence-electron chi connectivity index (χ1n) is 10.8. The number of aromatic nitrogens is 4. The van der Waals surface area contributed by atoms with E-state index in [1.165, 1.54) is 28.7 Å². The van der Waals surface area contributed by atoms with Gasteiger partial charge in [0.1, 0.15) is 5.75 Å². The minimum Gasteiger partial charge on any atom is -0.483 e. The molecule has 2 aromatic heterocycles. The molecule has 1 aromatic carbocycles. The van der Waals surface area contributed by atoms with Crippen LogP contribution in [0.3, 0.4) is 0 Å². The molecule has 0 saturated carbocycles. The summed E-state index contributed by atoms with van der Waals surface area (Å²) in [4.78, 5) is 16.7. The lowest BCUT2D eigenvalue weighted by Gasteiger charge is -2.19. The van der Waals surface area contributed by atoms with Crippen LogP contribution in [0.4, 0.5) is 5.13 Å². The largest absolute Gasteiger partial charge is 0.483 e. The number of carbonyl (C=O) groups excluding carboxylic acids is 1. The van der Waals surface area contributed by atoms with Crippen LogP contribution in [-0.4, -0.2) is 30.9 Å². The zero-order valence-corrected chi connectivity index (χ0v) is 21.0. The lowest BCUT2D eigenvalue weighted by molar-refractivity contribution is -0.115. The normalized spacial score (nSPS) is 13.4. The lowest BCUT2D eigenvalue weighted by atomic mass is 10.0. The zero-order chi connectivity index (χ0) is 23.3. The summed E-state index contributed by atoms with van der Waals surface area (Å²) in [6.45, 7) is 13.2. The SMILES string of the molecule is CC(C)Cn1c(SC(C)C(=O)Nc2nccs2)nnc1C(C)Oc1ccc(C(C)C)cc1. The Morgan fingerprint density at radius 2 is 1.84 bits per heavy atom. The molecule has 9 heteroatoms. The molecule has 7 nitrogen and oxygen atoms in total. The van der Waals surface area contributed by atoms with Crippen LogP contribution in [-0.2, 0) is 11.3 Å². The van der Waals surface area contributed by atoms with E-state index in [1.807, 2.05) is 31.4 Å². The van der Waals surface area contributed by atoms with E-state index in [-0.39, 0.29) is 17.3 Å². The van der Waals surface area contributed by atoms with Gasteiger partial charge in [-0.2, -0.15) is 0 Å². The summed E-state index contributed by atoms with van der Waals surface area (Å²) in [6.07, 6.45) is 1.39. The maximum absolute atomic E-state index is 12.6. The van der Waals surface area contributed by atoms with Crippen LogP contribution in [0.2, 0.25) is 0 Å². The highest BCUT2D eigenvalue weighted by Crippen LogP contribution is 2.29. The Hall–Kier alpha value is -2.39. The molecule has 0 aliphatic heterocycles. The van der Waals surface area contributed by atoms with E-state index in [9.17, 15) is 4.79 Å². The third-order valence-corrected chi connectivity index (χ3v) is 6.60. The van der Waals surface area contributed by atoms with Crippen molar-refractivity contribution in [2.45, 2.75) is 70.5 Å². The number of nitrogens with zero attached hydrogens (tertiary/aromatic N) is 4. The first-order chi connectivity index (χ1) is 15.2. The number of thiazole rings is 1. The molecule has 32 heavy (non-hydrogen) atoms. The second-order valence-electron chi connectivity index (χ2n) is 8.42. The molecule has 0 aliphatic carbocycles. The fraction of sp³-hybridized carbons (Fsp3) is 0.478. The van der Waals surface area contributed by atoms with E-state index in [0.717, 1.165) is 18.1 Å². The zero-order valence-electron chi connectivity index (χ0n) is 19.4. The van der Waals surface area contributed by atoms with Crippen LogP contribution in [0.1, 0.15) is 65.0 Å². The summed E-state index contributed by atoms with van der Waals surface area (Å²) in [5, 5.41) is 14.4. The van der Waals surface area contributed by atoms with Crippen molar-refractivity contribution in [3.63, 3.8) is 0 Å². The van der Waals surface area contributed by atoms with Gasteiger partial charge in [-0.25, -0.2) is 4.98 Å². The molecule has 1 amide bonds. The van der Waals surface area contributed by atoms with Gasteiger partial charge in [0, 0.05) is 18.1 Å². The molecule has 3 rings (SSSR count). The molecule has 3 aromatic rings. The van der Waals surface area contributed by atoms with Gasteiger partial charge in [-0.05, 0) is 43.4 Å². The van der Waals surface area contributed by atoms with Crippen LogP contribution in [0.5, 0.6) is 5.75 Å². The molecule has 2 unspecified atom stereocenters. The quantitative estimate of drug-likeness (QED) is 0.376. The predicted molar refractivity (Wildman–Crippen MR) is 130 cm³/mol. The minimum absolute atomic E-state index is 0.111. The fourth-order valence-electron chi connectivity index (χ4n) is 3.12. The summed E-state index contributed by atoms with van der Waals surface area (Å²) < 4.78 is 8.24. The van der Waals surface area contributed by atoms with Gasteiger partial charge in [-0.15, -0.1) is 21.5 Å². The van der Waals surface area contributed by atoms with Gasteiger partial charge < -0.3 is 14.6 Å². The van der Waals surface area contributed by atoms with Crippen molar-refractivity contribution in [2.75, 3.05) is 5.32 Å². The van der Waals surface area contributed by atoms with Crippen molar-refractivity contribution in [1.82, 2.24) is 19.7 Å². The number of benzene rings is 1. The Balaban J connectivity index is 1.74. The van der Waals surface area contributed by atoms with Crippen molar-refractivity contribution < 1.29 is 9.53 Å². The molecule has 0 radical (unpaired) electrons. The van der Waals surface area contributed by atoms with E-state index in [0.29, 0.717) is 22.1 Å².